The maximum absolute atomic E-state index is 11.6. The zero-order valence-electron chi connectivity index (χ0n) is 8.99. The summed E-state index contributed by atoms with van der Waals surface area (Å²) in [6, 6.07) is 0. The van der Waals surface area contributed by atoms with Gasteiger partial charge in [0.05, 0.1) is 6.61 Å². The highest BCUT2D eigenvalue weighted by atomic mass is 16.5. The van der Waals surface area contributed by atoms with E-state index in [1.165, 1.54) is 0 Å². The zero-order chi connectivity index (χ0) is 11.4. The van der Waals surface area contributed by atoms with Crippen molar-refractivity contribution < 1.29 is 14.3 Å². The molecule has 1 unspecified atom stereocenters. The number of hydrogen-bond donors (Lipinski definition) is 2. The molecule has 2 heterocycles. The molecule has 88 valence electrons. The lowest BCUT2D eigenvalue weighted by molar-refractivity contribution is -0.121. The molecule has 16 heavy (non-hydrogen) atoms. The lowest BCUT2D eigenvalue weighted by atomic mass is 10.1. The Morgan fingerprint density at radius 1 is 1.56 bits per heavy atom. The quantitative estimate of drug-likeness (QED) is 0.673. The van der Waals surface area contributed by atoms with Crippen LogP contribution < -0.4 is 10.7 Å². The fourth-order valence-corrected chi connectivity index (χ4v) is 1.72. The average molecular weight is 225 g/mol. The van der Waals surface area contributed by atoms with Crippen molar-refractivity contribution in [1.82, 2.24) is 10.7 Å². The van der Waals surface area contributed by atoms with Crippen molar-refractivity contribution in [2.24, 2.45) is 11.0 Å². The van der Waals surface area contributed by atoms with E-state index in [0.717, 1.165) is 13.0 Å². The van der Waals surface area contributed by atoms with Crippen LogP contribution in [-0.2, 0) is 14.3 Å². The second kappa shape index (κ2) is 5.07. The van der Waals surface area contributed by atoms with Crippen LogP contribution in [-0.4, -0.2) is 37.3 Å². The molecule has 6 nitrogen and oxygen atoms in total. The molecule has 1 atom stereocenters. The van der Waals surface area contributed by atoms with E-state index in [9.17, 15) is 9.59 Å². The molecule has 2 N–H and O–H groups in total. The van der Waals surface area contributed by atoms with Gasteiger partial charge in [0.1, 0.15) is 5.71 Å². The number of hydrogen-bond acceptors (Lipinski definition) is 4. The highest BCUT2D eigenvalue weighted by Gasteiger charge is 2.20. The van der Waals surface area contributed by atoms with E-state index in [4.69, 9.17) is 4.74 Å². The van der Waals surface area contributed by atoms with Gasteiger partial charge in [0.15, 0.2) is 0 Å². The van der Waals surface area contributed by atoms with Crippen LogP contribution in [0.25, 0.3) is 0 Å². The van der Waals surface area contributed by atoms with Crippen molar-refractivity contribution in [3.63, 3.8) is 0 Å². The summed E-state index contributed by atoms with van der Waals surface area (Å²) in [5, 5.41) is 6.54. The van der Waals surface area contributed by atoms with Gasteiger partial charge in [-0.1, -0.05) is 0 Å². The van der Waals surface area contributed by atoms with Crippen LogP contribution in [0.4, 0.5) is 0 Å². The minimum Gasteiger partial charge on any atom is -0.381 e. The van der Waals surface area contributed by atoms with Crippen molar-refractivity contribution in [1.29, 1.82) is 0 Å². The third kappa shape index (κ3) is 2.79. The number of rotatable bonds is 3. The summed E-state index contributed by atoms with van der Waals surface area (Å²) in [4.78, 5) is 22.5. The van der Waals surface area contributed by atoms with Gasteiger partial charge in [0.2, 0.25) is 5.91 Å². The third-order valence-corrected chi connectivity index (χ3v) is 2.74. The van der Waals surface area contributed by atoms with Crippen molar-refractivity contribution in [2.75, 3.05) is 19.8 Å². The normalized spacial score (nSPS) is 24.9. The molecule has 1 saturated heterocycles. The lowest BCUT2D eigenvalue weighted by Crippen LogP contribution is -2.38. The van der Waals surface area contributed by atoms with E-state index in [2.05, 4.69) is 15.8 Å². The van der Waals surface area contributed by atoms with Crippen LogP contribution in [0, 0.1) is 5.92 Å². The summed E-state index contributed by atoms with van der Waals surface area (Å²) in [6.45, 7) is 2.10. The smallest absolute Gasteiger partial charge is 0.267 e. The summed E-state index contributed by atoms with van der Waals surface area (Å²) >= 11 is 0. The number of carbonyl (C=O) groups excluding carboxylic acids is 2. The Labute approximate surface area is 93.4 Å². The number of hydrazone groups is 1. The van der Waals surface area contributed by atoms with Gasteiger partial charge >= 0.3 is 0 Å². The van der Waals surface area contributed by atoms with E-state index in [0.29, 0.717) is 37.6 Å². The second-order valence-electron chi connectivity index (χ2n) is 4.03. The molecule has 0 aromatic heterocycles. The molecule has 6 heteroatoms. The molecule has 2 rings (SSSR count). The van der Waals surface area contributed by atoms with Gasteiger partial charge in [0, 0.05) is 31.9 Å². The van der Waals surface area contributed by atoms with Crippen molar-refractivity contribution >= 4 is 17.5 Å². The second-order valence-corrected chi connectivity index (χ2v) is 4.03. The predicted molar refractivity (Wildman–Crippen MR) is 56.7 cm³/mol. The minimum atomic E-state index is -0.188. The Hall–Kier alpha value is -1.43. The Kier molecular flexibility index (Phi) is 3.51. The van der Waals surface area contributed by atoms with Gasteiger partial charge in [-0.05, 0) is 6.42 Å². The minimum absolute atomic E-state index is 0.138. The van der Waals surface area contributed by atoms with E-state index in [-0.39, 0.29) is 11.8 Å². The number of nitrogens with zero attached hydrogens (tertiary/aromatic N) is 1. The molecule has 0 aromatic rings. The van der Waals surface area contributed by atoms with Gasteiger partial charge < -0.3 is 10.1 Å². The van der Waals surface area contributed by atoms with E-state index in [1.807, 2.05) is 0 Å². The van der Waals surface area contributed by atoms with Crippen molar-refractivity contribution in [2.45, 2.75) is 19.3 Å². The summed E-state index contributed by atoms with van der Waals surface area (Å²) in [5.74, 6) is 0.0791. The van der Waals surface area contributed by atoms with Gasteiger partial charge in [0.25, 0.3) is 5.91 Å². The molecule has 2 aliphatic heterocycles. The molecule has 0 saturated carbocycles. The van der Waals surface area contributed by atoms with Crippen molar-refractivity contribution in [3.8, 4) is 0 Å². The van der Waals surface area contributed by atoms with Crippen LogP contribution in [0.1, 0.15) is 19.3 Å². The maximum Gasteiger partial charge on any atom is 0.267 e. The fourth-order valence-electron chi connectivity index (χ4n) is 1.72. The first-order chi connectivity index (χ1) is 7.75. The number of amides is 2. The van der Waals surface area contributed by atoms with Crippen LogP contribution in [0.5, 0.6) is 0 Å². The first-order valence-corrected chi connectivity index (χ1v) is 5.47. The molecule has 0 radical (unpaired) electrons. The number of ether oxygens (including phenoxy) is 1. The first kappa shape index (κ1) is 11.1. The highest BCUT2D eigenvalue weighted by molar-refractivity contribution is 6.39. The predicted octanol–water partition coefficient (Wildman–Crippen LogP) is -0.595. The molecule has 0 aliphatic carbocycles. The van der Waals surface area contributed by atoms with Crippen LogP contribution in [0.15, 0.2) is 5.10 Å². The molecular weight excluding hydrogens is 210 g/mol. The molecule has 2 aliphatic rings. The van der Waals surface area contributed by atoms with E-state index < -0.39 is 0 Å². The standard InChI is InChI=1S/C10H15N3O3/c14-9-2-1-8(12-13-9)10(15)11-5-7-3-4-16-6-7/h7H,1-6H2,(H,11,15)(H,13,14). The van der Waals surface area contributed by atoms with Crippen LogP contribution in [0.2, 0.25) is 0 Å². The van der Waals surface area contributed by atoms with Gasteiger partial charge in [-0.15, -0.1) is 0 Å². The Bertz CT molecular complexity index is 321. The summed E-state index contributed by atoms with van der Waals surface area (Å²) in [6.07, 6.45) is 1.74. The summed E-state index contributed by atoms with van der Waals surface area (Å²) < 4.78 is 5.21. The zero-order valence-corrected chi connectivity index (χ0v) is 8.99. The Balaban J connectivity index is 1.76. The fraction of sp³-hybridized carbons (Fsp3) is 0.700. The SMILES string of the molecule is O=C1CCC(C(=O)NCC2CCOC2)=NN1. The number of nitrogens with one attached hydrogen (secondary N) is 2. The lowest BCUT2D eigenvalue weighted by Gasteiger charge is -2.13. The van der Waals surface area contributed by atoms with Crippen LogP contribution in [0.3, 0.4) is 0 Å². The van der Waals surface area contributed by atoms with Gasteiger partial charge in [-0.25, -0.2) is 5.43 Å². The first-order valence-electron chi connectivity index (χ1n) is 5.47. The highest BCUT2D eigenvalue weighted by Crippen LogP contribution is 2.10. The number of carbonyl (C=O) groups is 2. The maximum atomic E-state index is 11.6. The van der Waals surface area contributed by atoms with Crippen molar-refractivity contribution in [3.05, 3.63) is 0 Å². The largest absolute Gasteiger partial charge is 0.381 e. The van der Waals surface area contributed by atoms with Gasteiger partial charge in [-0.3, -0.25) is 9.59 Å². The third-order valence-electron chi connectivity index (χ3n) is 2.74. The Morgan fingerprint density at radius 2 is 2.44 bits per heavy atom. The average Bonchev–Trinajstić information content (AvgIpc) is 2.80. The molecule has 2 amide bonds. The molecule has 0 bridgehead atoms. The molecule has 0 aromatic carbocycles. The van der Waals surface area contributed by atoms with E-state index in [1.54, 1.807) is 0 Å². The van der Waals surface area contributed by atoms with E-state index >= 15 is 0 Å². The summed E-state index contributed by atoms with van der Waals surface area (Å²) in [7, 11) is 0. The van der Waals surface area contributed by atoms with Gasteiger partial charge in [-0.2, -0.15) is 5.10 Å². The van der Waals surface area contributed by atoms with Crippen LogP contribution >= 0.6 is 0 Å². The topological polar surface area (TPSA) is 79.8 Å². The monoisotopic (exact) mass is 225 g/mol. The molecular formula is C10H15N3O3. The Morgan fingerprint density at radius 3 is 3.06 bits per heavy atom. The molecule has 0 spiro atoms. The molecule has 1 fully saturated rings. The summed E-state index contributed by atoms with van der Waals surface area (Å²) in [5.41, 5.74) is 2.71.